The van der Waals surface area contributed by atoms with E-state index in [9.17, 15) is 0 Å². The van der Waals surface area contributed by atoms with Crippen molar-refractivity contribution in [2.75, 3.05) is 19.2 Å². The van der Waals surface area contributed by atoms with Gasteiger partial charge in [-0.1, -0.05) is 67.1 Å². The predicted molar refractivity (Wildman–Crippen MR) is 114 cm³/mol. The largest absolute Gasteiger partial charge is 0.365 e. The average molecular weight is 348 g/mol. The van der Waals surface area contributed by atoms with Crippen LogP contribution in [0.1, 0.15) is 24.1 Å². The topological polar surface area (TPSA) is 21.3 Å². The summed E-state index contributed by atoms with van der Waals surface area (Å²) in [5, 5.41) is 3.46. The Kier molecular flexibility index (Phi) is 6.59. The number of hydrogen-bond donors (Lipinski definition) is 1. The third kappa shape index (κ3) is 4.33. The van der Waals surface area contributed by atoms with Crippen molar-refractivity contribution in [3.05, 3.63) is 77.4 Å². The molecule has 0 bridgehead atoms. The first-order valence-corrected chi connectivity index (χ1v) is 8.60. The van der Waals surface area contributed by atoms with Crippen molar-refractivity contribution in [1.29, 1.82) is 0 Å². The molecule has 2 heteroatoms. The summed E-state index contributed by atoms with van der Waals surface area (Å²) in [5.41, 5.74) is 9.71. The van der Waals surface area contributed by atoms with Crippen LogP contribution in [0.15, 0.2) is 60.7 Å². The van der Waals surface area contributed by atoms with Gasteiger partial charge in [0.2, 0.25) is 0 Å². The number of nitrogens with one attached hydrogen (secondary N) is 1. The molecule has 0 unspecified atom stereocenters. The number of anilines is 1. The van der Waals surface area contributed by atoms with Gasteiger partial charge in [0, 0.05) is 18.2 Å². The zero-order valence-electron chi connectivity index (χ0n) is 15.4. The molecule has 26 heavy (non-hydrogen) atoms. The normalized spacial score (nSPS) is 10.3. The Bertz CT molecular complexity index is 782. The highest BCUT2D eigenvalue weighted by Crippen LogP contribution is 2.38. The van der Waals surface area contributed by atoms with E-state index in [1.807, 2.05) is 0 Å². The lowest BCUT2D eigenvalue weighted by Crippen LogP contribution is -2.06. The van der Waals surface area contributed by atoms with Gasteiger partial charge in [-0.2, -0.15) is 0 Å². The van der Waals surface area contributed by atoms with Crippen molar-refractivity contribution in [1.82, 2.24) is 0 Å². The minimum atomic E-state index is 0. The van der Waals surface area contributed by atoms with Gasteiger partial charge in [0.05, 0.1) is 5.69 Å². The standard InChI is InChI=1S/C23H25NO.CH4/c1-16-5-9-19(10-6-16)21-13-18(3)14-22(23(21)24-15-25-4)20-11-7-17(2)8-12-20;/h5-14,24H,15H2,1-4H3;1H4. The van der Waals surface area contributed by atoms with Gasteiger partial charge in [-0.15, -0.1) is 0 Å². The maximum absolute atomic E-state index is 5.28. The Morgan fingerprint density at radius 1 is 0.692 bits per heavy atom. The number of hydrogen-bond acceptors (Lipinski definition) is 2. The average Bonchev–Trinajstić information content (AvgIpc) is 2.61. The highest BCUT2D eigenvalue weighted by Gasteiger charge is 2.13. The summed E-state index contributed by atoms with van der Waals surface area (Å²) in [7, 11) is 1.71. The van der Waals surface area contributed by atoms with Crippen LogP contribution in [0.4, 0.5) is 5.69 Å². The summed E-state index contributed by atoms with van der Waals surface area (Å²) >= 11 is 0. The second kappa shape index (κ2) is 8.68. The van der Waals surface area contributed by atoms with E-state index in [0.29, 0.717) is 6.73 Å². The van der Waals surface area contributed by atoms with Crippen LogP contribution in [0.3, 0.4) is 0 Å². The zero-order chi connectivity index (χ0) is 17.8. The monoisotopic (exact) mass is 347 g/mol. The Balaban J connectivity index is 0.00000243. The number of rotatable bonds is 5. The molecule has 0 spiro atoms. The van der Waals surface area contributed by atoms with Gasteiger partial charge >= 0.3 is 0 Å². The third-order valence-corrected chi connectivity index (χ3v) is 4.40. The molecular formula is C24H29NO. The van der Waals surface area contributed by atoms with Crippen molar-refractivity contribution in [3.8, 4) is 22.3 Å². The summed E-state index contributed by atoms with van der Waals surface area (Å²) in [5.74, 6) is 0. The molecule has 136 valence electrons. The molecule has 0 atom stereocenters. The van der Waals surface area contributed by atoms with E-state index in [2.05, 4.69) is 86.8 Å². The number of benzene rings is 3. The minimum Gasteiger partial charge on any atom is -0.365 e. The Morgan fingerprint density at radius 2 is 1.12 bits per heavy atom. The lowest BCUT2D eigenvalue weighted by Gasteiger charge is -2.18. The first-order chi connectivity index (χ1) is 12.1. The lowest BCUT2D eigenvalue weighted by molar-refractivity contribution is 0.221. The molecule has 0 aliphatic rings. The second-order valence-corrected chi connectivity index (χ2v) is 6.58. The first-order valence-electron chi connectivity index (χ1n) is 8.60. The fourth-order valence-corrected chi connectivity index (χ4v) is 3.04. The molecule has 1 N–H and O–H groups in total. The molecule has 0 heterocycles. The van der Waals surface area contributed by atoms with Crippen LogP contribution in [-0.2, 0) is 4.74 Å². The van der Waals surface area contributed by atoms with E-state index in [4.69, 9.17) is 4.74 Å². The maximum Gasteiger partial charge on any atom is 0.116 e. The molecule has 3 aromatic rings. The molecule has 0 amide bonds. The van der Waals surface area contributed by atoms with E-state index >= 15 is 0 Å². The highest BCUT2D eigenvalue weighted by atomic mass is 16.5. The first kappa shape index (κ1) is 19.7. The van der Waals surface area contributed by atoms with E-state index in [1.165, 1.54) is 38.9 Å². The molecular weight excluding hydrogens is 318 g/mol. The van der Waals surface area contributed by atoms with Crippen LogP contribution in [0, 0.1) is 20.8 Å². The molecule has 3 rings (SSSR count). The molecule has 2 nitrogen and oxygen atoms in total. The van der Waals surface area contributed by atoms with Gasteiger partial charge in [0.25, 0.3) is 0 Å². The SMILES string of the molecule is C.COCNc1c(-c2ccc(C)cc2)cc(C)cc1-c1ccc(C)cc1. The van der Waals surface area contributed by atoms with Crippen LogP contribution in [0.5, 0.6) is 0 Å². The van der Waals surface area contributed by atoms with Gasteiger partial charge in [0.15, 0.2) is 0 Å². The molecule has 0 radical (unpaired) electrons. The minimum absolute atomic E-state index is 0. The van der Waals surface area contributed by atoms with Crippen LogP contribution in [0.25, 0.3) is 22.3 Å². The van der Waals surface area contributed by atoms with E-state index < -0.39 is 0 Å². The highest BCUT2D eigenvalue weighted by molar-refractivity contribution is 5.91. The summed E-state index contributed by atoms with van der Waals surface area (Å²) in [6.45, 7) is 6.85. The Labute approximate surface area is 157 Å². The lowest BCUT2D eigenvalue weighted by atomic mass is 9.93. The van der Waals surface area contributed by atoms with Gasteiger partial charge in [-0.05, 0) is 49.6 Å². The van der Waals surface area contributed by atoms with Crippen molar-refractivity contribution in [2.24, 2.45) is 0 Å². The van der Waals surface area contributed by atoms with Crippen LogP contribution in [0.2, 0.25) is 0 Å². The van der Waals surface area contributed by atoms with Gasteiger partial charge in [-0.25, -0.2) is 0 Å². The second-order valence-electron chi connectivity index (χ2n) is 6.58. The fourth-order valence-electron chi connectivity index (χ4n) is 3.04. The van der Waals surface area contributed by atoms with E-state index in [1.54, 1.807) is 7.11 Å². The molecule has 0 aliphatic heterocycles. The summed E-state index contributed by atoms with van der Waals surface area (Å²) in [6.07, 6.45) is 0. The summed E-state index contributed by atoms with van der Waals surface area (Å²) in [6, 6.07) is 21.8. The van der Waals surface area contributed by atoms with E-state index in [-0.39, 0.29) is 7.43 Å². The summed E-state index contributed by atoms with van der Waals surface area (Å²) in [4.78, 5) is 0. The number of ether oxygens (including phenoxy) is 1. The van der Waals surface area contributed by atoms with Crippen molar-refractivity contribution in [2.45, 2.75) is 28.2 Å². The Hall–Kier alpha value is -2.58. The van der Waals surface area contributed by atoms with Crippen LogP contribution < -0.4 is 5.32 Å². The predicted octanol–water partition coefficient (Wildman–Crippen LogP) is 6.60. The van der Waals surface area contributed by atoms with Gasteiger partial charge in [-0.3, -0.25) is 0 Å². The number of aryl methyl sites for hydroxylation is 3. The molecule has 0 saturated heterocycles. The van der Waals surface area contributed by atoms with Gasteiger partial charge in [0.1, 0.15) is 6.73 Å². The van der Waals surface area contributed by atoms with Crippen molar-refractivity contribution >= 4 is 5.69 Å². The molecule has 3 aromatic carbocycles. The van der Waals surface area contributed by atoms with Crippen molar-refractivity contribution in [3.63, 3.8) is 0 Å². The smallest absolute Gasteiger partial charge is 0.116 e. The Morgan fingerprint density at radius 3 is 1.50 bits per heavy atom. The number of methoxy groups -OCH3 is 1. The van der Waals surface area contributed by atoms with Crippen LogP contribution >= 0.6 is 0 Å². The fraction of sp³-hybridized carbons (Fsp3) is 0.250. The quantitative estimate of drug-likeness (QED) is 0.525. The van der Waals surface area contributed by atoms with Crippen LogP contribution in [-0.4, -0.2) is 13.8 Å². The molecule has 0 fully saturated rings. The van der Waals surface area contributed by atoms with Gasteiger partial charge < -0.3 is 10.1 Å². The molecule has 0 aromatic heterocycles. The van der Waals surface area contributed by atoms with Crippen molar-refractivity contribution < 1.29 is 4.74 Å². The summed E-state index contributed by atoms with van der Waals surface area (Å²) < 4.78 is 5.28. The molecule has 0 saturated carbocycles. The van der Waals surface area contributed by atoms with E-state index in [0.717, 1.165) is 5.69 Å². The molecule has 0 aliphatic carbocycles. The third-order valence-electron chi connectivity index (χ3n) is 4.40. The maximum atomic E-state index is 5.28. The zero-order valence-corrected chi connectivity index (χ0v) is 15.4.